The van der Waals surface area contributed by atoms with Crippen LogP contribution in [0.1, 0.15) is 29.3 Å². The number of nitrogens with one attached hydrogen (secondary N) is 1. The van der Waals surface area contributed by atoms with Crippen LogP contribution >= 0.6 is 28.1 Å². The summed E-state index contributed by atoms with van der Waals surface area (Å²) in [4.78, 5) is 17.3. The first kappa shape index (κ1) is 21.7. The molecule has 0 atom stereocenters. The lowest BCUT2D eigenvalue weighted by atomic mass is 10.2. The maximum absolute atomic E-state index is 12.8. The predicted octanol–water partition coefficient (Wildman–Crippen LogP) is 4.07. The van der Waals surface area contributed by atoms with Crippen LogP contribution in [-0.2, 0) is 6.54 Å². The summed E-state index contributed by atoms with van der Waals surface area (Å²) in [6, 6.07) is 15.9. The zero-order valence-electron chi connectivity index (χ0n) is 16.6. The number of carbonyl (C=O) groups excluding carboxylic acids is 1. The molecular weight excluding hydrogens is 450 g/mol. The lowest BCUT2D eigenvalue weighted by Crippen LogP contribution is -2.52. The fourth-order valence-electron chi connectivity index (χ4n) is 3.21. The number of amides is 1. The van der Waals surface area contributed by atoms with E-state index in [9.17, 15) is 4.79 Å². The van der Waals surface area contributed by atoms with E-state index < -0.39 is 0 Å². The highest BCUT2D eigenvalue weighted by Crippen LogP contribution is 2.23. The lowest BCUT2D eigenvalue weighted by molar-refractivity contribution is 0.0965. The van der Waals surface area contributed by atoms with Crippen LogP contribution in [0.25, 0.3) is 0 Å². The maximum atomic E-state index is 12.8. The number of piperazine rings is 1. The van der Waals surface area contributed by atoms with Crippen molar-refractivity contribution in [3.63, 3.8) is 0 Å². The summed E-state index contributed by atoms with van der Waals surface area (Å²) in [5, 5.41) is 3.34. The minimum Gasteiger partial charge on any atom is -0.493 e. The van der Waals surface area contributed by atoms with Crippen molar-refractivity contribution in [2.45, 2.75) is 19.9 Å². The second-order valence-electron chi connectivity index (χ2n) is 7.00. The molecule has 29 heavy (non-hydrogen) atoms. The monoisotopic (exact) mass is 475 g/mol. The molecule has 0 saturated carbocycles. The highest BCUT2D eigenvalue weighted by Gasteiger charge is 2.22. The second kappa shape index (κ2) is 10.7. The van der Waals surface area contributed by atoms with Gasteiger partial charge < -0.3 is 9.64 Å². The van der Waals surface area contributed by atoms with Crippen molar-refractivity contribution in [3.05, 3.63) is 64.1 Å². The number of hydrogen-bond acceptors (Lipinski definition) is 4. The maximum Gasteiger partial charge on any atom is 0.261 e. The van der Waals surface area contributed by atoms with Crippen LogP contribution in [0.5, 0.6) is 5.75 Å². The molecule has 7 heteroatoms. The van der Waals surface area contributed by atoms with E-state index >= 15 is 0 Å². The Labute approximate surface area is 186 Å². The Bertz CT molecular complexity index is 839. The molecule has 0 aliphatic carbocycles. The van der Waals surface area contributed by atoms with Crippen molar-refractivity contribution < 1.29 is 9.53 Å². The van der Waals surface area contributed by atoms with Gasteiger partial charge in [-0.1, -0.05) is 53.2 Å². The second-order valence-corrected chi connectivity index (χ2v) is 8.30. The molecule has 2 aromatic rings. The molecule has 1 heterocycles. The highest BCUT2D eigenvalue weighted by molar-refractivity contribution is 9.10. The molecule has 2 aromatic carbocycles. The van der Waals surface area contributed by atoms with Gasteiger partial charge in [0.15, 0.2) is 5.11 Å². The van der Waals surface area contributed by atoms with E-state index in [0.717, 1.165) is 43.6 Å². The summed E-state index contributed by atoms with van der Waals surface area (Å²) in [7, 11) is 0. The minimum atomic E-state index is -0.242. The largest absolute Gasteiger partial charge is 0.493 e. The quantitative estimate of drug-likeness (QED) is 0.637. The van der Waals surface area contributed by atoms with Crippen molar-refractivity contribution in [2.24, 2.45) is 0 Å². The fraction of sp³-hybridized carbons (Fsp3) is 0.364. The van der Waals surface area contributed by atoms with Crippen LogP contribution in [0, 0.1) is 0 Å². The van der Waals surface area contributed by atoms with Crippen molar-refractivity contribution in [1.82, 2.24) is 15.1 Å². The van der Waals surface area contributed by atoms with Gasteiger partial charge in [-0.3, -0.25) is 15.0 Å². The standard InChI is InChI=1S/C22H26BrN3O2S/c1-2-14-28-20-9-8-18(23)15-19(20)21(27)24-22(29)26-12-10-25(11-13-26)16-17-6-4-3-5-7-17/h3-9,15H,2,10-14,16H2,1H3,(H,24,27,29). The Kier molecular flexibility index (Phi) is 8.03. The molecule has 1 aliphatic rings. The molecule has 0 bridgehead atoms. The van der Waals surface area contributed by atoms with Gasteiger partial charge in [0.2, 0.25) is 0 Å². The third-order valence-electron chi connectivity index (χ3n) is 4.78. The Balaban J connectivity index is 1.54. The van der Waals surface area contributed by atoms with E-state index in [-0.39, 0.29) is 5.91 Å². The van der Waals surface area contributed by atoms with Crippen molar-refractivity contribution in [2.75, 3.05) is 32.8 Å². The molecule has 1 fully saturated rings. The summed E-state index contributed by atoms with van der Waals surface area (Å²) in [5.41, 5.74) is 1.80. The van der Waals surface area contributed by atoms with Gasteiger partial charge in [-0.25, -0.2) is 0 Å². The van der Waals surface area contributed by atoms with Gasteiger partial charge in [0.25, 0.3) is 5.91 Å². The molecule has 5 nitrogen and oxygen atoms in total. The number of nitrogens with zero attached hydrogens (tertiary/aromatic N) is 2. The smallest absolute Gasteiger partial charge is 0.261 e. The number of ether oxygens (including phenoxy) is 1. The van der Waals surface area contributed by atoms with E-state index in [1.165, 1.54) is 5.56 Å². The first-order valence-corrected chi connectivity index (χ1v) is 11.1. The number of benzene rings is 2. The van der Waals surface area contributed by atoms with E-state index in [2.05, 4.69) is 55.3 Å². The number of rotatable bonds is 6. The van der Waals surface area contributed by atoms with Crippen LogP contribution in [0.2, 0.25) is 0 Å². The molecule has 1 saturated heterocycles. The number of carbonyl (C=O) groups is 1. The predicted molar refractivity (Wildman–Crippen MR) is 123 cm³/mol. The van der Waals surface area contributed by atoms with Crippen LogP contribution in [0.4, 0.5) is 0 Å². The molecule has 0 radical (unpaired) electrons. The summed E-state index contributed by atoms with van der Waals surface area (Å²) >= 11 is 8.93. The summed E-state index contributed by atoms with van der Waals surface area (Å²) < 4.78 is 6.54. The third kappa shape index (κ3) is 6.26. The molecule has 1 aliphatic heterocycles. The number of halogens is 1. The van der Waals surface area contributed by atoms with Gasteiger partial charge in [0.05, 0.1) is 12.2 Å². The normalized spacial score (nSPS) is 14.5. The van der Waals surface area contributed by atoms with Gasteiger partial charge in [0, 0.05) is 37.2 Å². The van der Waals surface area contributed by atoms with Gasteiger partial charge in [-0.05, 0) is 42.4 Å². The zero-order valence-corrected chi connectivity index (χ0v) is 19.0. The van der Waals surface area contributed by atoms with Crippen molar-refractivity contribution in [1.29, 1.82) is 0 Å². The first-order chi connectivity index (χ1) is 14.1. The Morgan fingerprint density at radius 3 is 2.55 bits per heavy atom. The average Bonchev–Trinajstić information content (AvgIpc) is 2.74. The summed E-state index contributed by atoms with van der Waals surface area (Å²) in [5.74, 6) is 0.331. The van der Waals surface area contributed by atoms with Gasteiger partial charge in [-0.15, -0.1) is 0 Å². The Hall–Kier alpha value is -1.96. The molecule has 154 valence electrons. The summed E-state index contributed by atoms with van der Waals surface area (Å²) in [6.07, 6.45) is 0.878. The van der Waals surface area contributed by atoms with Gasteiger partial charge in [0.1, 0.15) is 5.75 Å². The highest BCUT2D eigenvalue weighted by atomic mass is 79.9. The van der Waals surface area contributed by atoms with Crippen molar-refractivity contribution in [3.8, 4) is 5.75 Å². The molecule has 3 rings (SSSR count). The molecule has 0 spiro atoms. The fourth-order valence-corrected chi connectivity index (χ4v) is 3.85. The van der Waals surface area contributed by atoms with Gasteiger partial charge >= 0.3 is 0 Å². The zero-order chi connectivity index (χ0) is 20.6. The topological polar surface area (TPSA) is 44.8 Å². The van der Waals surface area contributed by atoms with E-state index in [1.807, 2.05) is 19.1 Å². The molecule has 0 aromatic heterocycles. The Morgan fingerprint density at radius 1 is 1.14 bits per heavy atom. The lowest BCUT2D eigenvalue weighted by Gasteiger charge is -2.36. The molecule has 0 unspecified atom stereocenters. The first-order valence-electron chi connectivity index (χ1n) is 9.85. The van der Waals surface area contributed by atoms with Crippen LogP contribution < -0.4 is 10.1 Å². The average molecular weight is 476 g/mol. The third-order valence-corrected chi connectivity index (χ3v) is 5.63. The van der Waals surface area contributed by atoms with Crippen LogP contribution in [-0.4, -0.2) is 53.6 Å². The van der Waals surface area contributed by atoms with E-state index in [4.69, 9.17) is 17.0 Å². The van der Waals surface area contributed by atoms with E-state index in [1.54, 1.807) is 12.1 Å². The number of thiocarbonyl (C=S) groups is 1. The van der Waals surface area contributed by atoms with Crippen LogP contribution in [0.15, 0.2) is 53.0 Å². The SMILES string of the molecule is CCCOc1ccc(Br)cc1C(=O)NC(=S)N1CCN(Cc2ccccc2)CC1. The van der Waals surface area contributed by atoms with Gasteiger partial charge in [-0.2, -0.15) is 0 Å². The molecule has 1 amide bonds. The molecule has 1 N–H and O–H groups in total. The molecular formula is C22H26BrN3O2S. The Morgan fingerprint density at radius 2 is 1.86 bits per heavy atom. The van der Waals surface area contributed by atoms with E-state index in [0.29, 0.717) is 23.0 Å². The number of hydrogen-bond donors (Lipinski definition) is 1. The summed E-state index contributed by atoms with van der Waals surface area (Å²) in [6.45, 7) is 6.94. The van der Waals surface area contributed by atoms with Crippen molar-refractivity contribution >= 4 is 39.2 Å². The minimum absolute atomic E-state index is 0.242. The van der Waals surface area contributed by atoms with Crippen LogP contribution in [0.3, 0.4) is 0 Å².